The van der Waals surface area contributed by atoms with E-state index < -0.39 is 36.5 Å². The van der Waals surface area contributed by atoms with E-state index in [1.165, 1.54) is 7.11 Å². The first-order valence-corrected chi connectivity index (χ1v) is 7.23. The van der Waals surface area contributed by atoms with Crippen molar-refractivity contribution in [1.82, 2.24) is 4.90 Å². The number of piperidine rings is 1. The maximum Gasteiger partial charge on any atom is 0.165 e. The summed E-state index contributed by atoms with van der Waals surface area (Å²) in [4.78, 5) is 0.908. The van der Waals surface area contributed by atoms with Gasteiger partial charge in [0.15, 0.2) is 11.5 Å². The number of methoxy groups -OCH3 is 1. The summed E-state index contributed by atoms with van der Waals surface area (Å²) >= 11 is 0. The first-order chi connectivity index (χ1) is 14.1. The van der Waals surface area contributed by atoms with Crippen LogP contribution < -0.4 is 9.47 Å². The quantitative estimate of drug-likeness (QED) is 0.799. The van der Waals surface area contributed by atoms with E-state index in [1.807, 2.05) is 0 Å². The van der Waals surface area contributed by atoms with E-state index in [2.05, 4.69) is 0 Å². The Bertz CT molecular complexity index is 1060. The van der Waals surface area contributed by atoms with Gasteiger partial charge in [0.05, 0.1) is 12.6 Å². The van der Waals surface area contributed by atoms with Gasteiger partial charge in [-0.3, -0.25) is 0 Å². The molecule has 2 aliphatic heterocycles. The molecule has 1 aromatic rings. The molecule has 1 N–H and O–H groups in total. The van der Waals surface area contributed by atoms with Crippen LogP contribution in [0.4, 0.5) is 0 Å². The van der Waals surface area contributed by atoms with Crippen LogP contribution in [0.15, 0.2) is 24.2 Å². The van der Waals surface area contributed by atoms with Crippen molar-refractivity contribution in [2.75, 3.05) is 20.6 Å². The van der Waals surface area contributed by atoms with Crippen LogP contribution in [-0.2, 0) is 11.8 Å². The third-order valence-corrected chi connectivity index (χ3v) is 5.08. The summed E-state index contributed by atoms with van der Waals surface area (Å²) in [5, 5.41) is 10.9. The first-order valence-electron chi connectivity index (χ1n) is 11.7. The van der Waals surface area contributed by atoms with Gasteiger partial charge in [0.25, 0.3) is 0 Å². The van der Waals surface area contributed by atoms with Crippen LogP contribution >= 0.6 is 0 Å². The first kappa shape index (κ1) is 6.93. The molecule has 2 unspecified atom stereocenters. The lowest BCUT2D eigenvalue weighted by atomic mass is 9.53. The zero-order chi connectivity index (χ0) is 23.0. The molecule has 1 spiro atoms. The maximum absolute atomic E-state index is 10.9. The zero-order valence-corrected chi connectivity index (χ0v) is 12.0. The van der Waals surface area contributed by atoms with Gasteiger partial charge in [-0.2, -0.15) is 0 Å². The van der Waals surface area contributed by atoms with Crippen LogP contribution in [0, 0.1) is 5.89 Å². The van der Waals surface area contributed by atoms with Crippen molar-refractivity contribution in [3.8, 4) is 11.5 Å². The predicted molar refractivity (Wildman–Crippen MR) is 82.5 cm³/mol. The zero-order valence-electron chi connectivity index (χ0n) is 21.0. The number of likely N-dealkylation sites (tertiary alicyclic amines) is 1. The van der Waals surface area contributed by atoms with Gasteiger partial charge in [-0.05, 0) is 38.0 Å². The molecule has 22 heavy (non-hydrogen) atoms. The van der Waals surface area contributed by atoms with Crippen molar-refractivity contribution in [1.29, 1.82) is 0 Å². The average molecular weight is 308 g/mol. The van der Waals surface area contributed by atoms with Crippen LogP contribution in [0.25, 0.3) is 0 Å². The highest BCUT2D eigenvalue weighted by Crippen LogP contribution is 2.62. The van der Waals surface area contributed by atoms with E-state index in [0.717, 1.165) is 17.1 Å². The summed E-state index contributed by atoms with van der Waals surface area (Å²) in [6.45, 7) is -2.94. The number of ether oxygens (including phenoxy) is 2. The van der Waals surface area contributed by atoms with Crippen LogP contribution in [0.5, 0.6) is 11.5 Å². The van der Waals surface area contributed by atoms with Crippen molar-refractivity contribution in [2.24, 2.45) is 5.89 Å². The predicted octanol–water partition coefficient (Wildman–Crippen LogP) is 1.50. The summed E-state index contributed by atoms with van der Waals surface area (Å²) in [7, 11) is 1.27. The molecule has 4 nitrogen and oxygen atoms in total. The molecule has 2 heterocycles. The number of likely N-dealkylation sites (N-methyl/N-ethyl adjacent to an activating group) is 1. The second kappa shape index (κ2) is 4.06. The second-order valence-corrected chi connectivity index (χ2v) is 5.96. The van der Waals surface area contributed by atoms with E-state index in [9.17, 15) is 7.85 Å². The fraction of sp³-hybridized carbons (Fsp3) is 0.556. The molecule has 0 saturated carbocycles. The molecule has 5 atom stereocenters. The Morgan fingerprint density at radius 1 is 1.55 bits per heavy atom. The molecule has 2 aliphatic carbocycles. The molecular weight excluding hydrogens is 278 g/mol. The van der Waals surface area contributed by atoms with Gasteiger partial charge in [0.1, 0.15) is 12.2 Å². The van der Waals surface area contributed by atoms with Crippen molar-refractivity contribution >= 4 is 0 Å². The number of nitrogens with zero attached hydrogens (tertiary/aromatic N) is 1. The van der Waals surface area contributed by atoms with Crippen molar-refractivity contribution < 1.29 is 26.9 Å². The van der Waals surface area contributed by atoms with Crippen LogP contribution in [0.2, 0.25) is 0 Å². The molecule has 2 bridgehead atoms. The lowest BCUT2D eigenvalue weighted by molar-refractivity contribution is -0.0453. The third kappa shape index (κ3) is 1.28. The number of aliphatic hydroxyl groups is 1. The van der Waals surface area contributed by atoms with E-state index in [1.54, 1.807) is 0 Å². The van der Waals surface area contributed by atoms with Crippen LogP contribution in [0.3, 0.4) is 0 Å². The lowest BCUT2D eigenvalue weighted by Crippen LogP contribution is -2.64. The normalized spacial score (nSPS) is 60.9. The summed E-state index contributed by atoms with van der Waals surface area (Å²) in [5.41, 5.74) is -1.51. The summed E-state index contributed by atoms with van der Waals surface area (Å²) in [6, 6.07) is -2.84. The van der Waals surface area contributed by atoms with E-state index >= 15 is 0 Å². The Hall–Kier alpha value is -1.52. The monoisotopic (exact) mass is 308 g/mol. The molecule has 0 aromatic heterocycles. The van der Waals surface area contributed by atoms with Crippen LogP contribution in [-0.4, -0.2) is 48.8 Å². The SMILES string of the molecule is [2H]c1c([2H])c(OC)c2c3c1C[C@@]1([2H])N(C([2H])([2H])[2H])CC[C@@]34C([2H])(O2)C([2H])(O)C=C[C@@]14[2H]. The van der Waals surface area contributed by atoms with E-state index in [0.29, 0.717) is 0 Å². The number of hydrogen-bond acceptors (Lipinski definition) is 4. The van der Waals surface area contributed by atoms with Gasteiger partial charge in [0, 0.05) is 29.7 Å². The highest BCUT2D eigenvalue weighted by molar-refractivity contribution is 5.62. The number of benzene rings is 1. The molecule has 4 aliphatic rings. The van der Waals surface area contributed by atoms with Gasteiger partial charge < -0.3 is 19.5 Å². The molecule has 0 amide bonds. The van der Waals surface area contributed by atoms with Crippen molar-refractivity contribution in [2.45, 2.75) is 36.4 Å². The number of rotatable bonds is 1. The van der Waals surface area contributed by atoms with Gasteiger partial charge in [-0.15, -0.1) is 0 Å². The molecule has 1 fully saturated rings. The Balaban J connectivity index is 1.97. The third-order valence-electron chi connectivity index (χ3n) is 5.08. The summed E-state index contributed by atoms with van der Waals surface area (Å²) in [5.74, 6) is -2.34. The fourth-order valence-corrected chi connectivity index (χ4v) is 4.17. The van der Waals surface area contributed by atoms with Gasteiger partial charge in [-0.1, -0.05) is 18.2 Å². The minimum Gasteiger partial charge on any atom is -0.493 e. The lowest BCUT2D eigenvalue weighted by Gasteiger charge is -2.56. The van der Waals surface area contributed by atoms with E-state index in [-0.39, 0.29) is 54.1 Å². The standard InChI is InChI=1S/C18H21NO3/c1-19-8-7-18-11-4-5-13(20)17(18)22-16-14(21-2)6-3-10(15(16)18)9-12(11)19/h3-6,11-13,17,20H,7-9H2,1-2H3/t11-,12+,13?,17?,18-/m0/s1/i1D3,3D,6D,11D,12D,13D,17D. The Morgan fingerprint density at radius 3 is 3.27 bits per heavy atom. The second-order valence-electron chi connectivity index (χ2n) is 5.96. The molecule has 0 radical (unpaired) electrons. The highest BCUT2D eigenvalue weighted by atomic mass is 16.5. The Labute approximate surface area is 143 Å². The van der Waals surface area contributed by atoms with Gasteiger partial charge in [0.2, 0.25) is 0 Å². The molecule has 5 rings (SSSR count). The largest absolute Gasteiger partial charge is 0.493 e. The Morgan fingerprint density at radius 2 is 2.45 bits per heavy atom. The number of hydrogen-bond donors (Lipinski definition) is 1. The van der Waals surface area contributed by atoms with Gasteiger partial charge in [-0.25, -0.2) is 0 Å². The molecule has 1 saturated heterocycles. The van der Waals surface area contributed by atoms with Crippen molar-refractivity contribution in [3.63, 3.8) is 0 Å². The van der Waals surface area contributed by atoms with E-state index in [4.69, 9.17) is 19.1 Å². The molecule has 116 valence electrons. The smallest absolute Gasteiger partial charge is 0.165 e. The Kier molecular flexibility index (Phi) is 1.28. The molecule has 4 heteroatoms. The average Bonchev–Trinajstić information content (AvgIpc) is 2.91. The summed E-state index contributed by atoms with van der Waals surface area (Å²) < 4.78 is 88.2. The molecular formula is C18H21NO3. The maximum atomic E-state index is 10.9. The van der Waals surface area contributed by atoms with Gasteiger partial charge >= 0.3 is 0 Å². The molecule has 1 aromatic carbocycles. The van der Waals surface area contributed by atoms with Crippen LogP contribution in [0.1, 0.15) is 29.9 Å². The highest BCUT2D eigenvalue weighted by Gasteiger charge is 2.64. The van der Waals surface area contributed by atoms with Crippen molar-refractivity contribution in [3.05, 3.63) is 35.4 Å². The fourth-order valence-electron chi connectivity index (χ4n) is 4.17. The summed E-state index contributed by atoms with van der Waals surface area (Å²) in [6.07, 6.45) is -3.65. The minimum atomic E-state index is -2.73. The minimum absolute atomic E-state index is 0.0936. The topological polar surface area (TPSA) is 41.9 Å².